The van der Waals surface area contributed by atoms with Crippen molar-refractivity contribution in [3.63, 3.8) is 0 Å². The molecule has 0 fully saturated rings. The van der Waals surface area contributed by atoms with E-state index in [1.165, 1.54) is 7.11 Å². The second-order valence-electron chi connectivity index (χ2n) is 5.17. The number of methoxy groups -OCH3 is 1. The molecule has 0 heterocycles. The molecule has 0 saturated carbocycles. The smallest absolute Gasteiger partial charge is 0.255 e. The molecular formula is C14H20ClNO3. The number of benzene rings is 1. The van der Waals surface area contributed by atoms with E-state index in [0.717, 1.165) is 0 Å². The van der Waals surface area contributed by atoms with E-state index in [1.807, 2.05) is 13.8 Å². The van der Waals surface area contributed by atoms with Crippen LogP contribution in [0.4, 0.5) is 0 Å². The second kappa shape index (κ2) is 6.78. The standard InChI is InChI=1S/C14H20ClNO3/c1-14(2,6-7-17)9-16-13(18)11-8-10(15)4-5-12(11)19-3/h4-5,8,17H,6-7,9H2,1-3H3,(H,16,18). The number of aliphatic hydroxyl groups excluding tert-OH is 1. The predicted molar refractivity (Wildman–Crippen MR) is 75.8 cm³/mol. The third-order valence-corrected chi connectivity index (χ3v) is 3.16. The number of halogens is 1. The summed E-state index contributed by atoms with van der Waals surface area (Å²) in [6.45, 7) is 4.54. The summed E-state index contributed by atoms with van der Waals surface area (Å²) < 4.78 is 5.14. The molecule has 2 N–H and O–H groups in total. The molecule has 1 amide bonds. The van der Waals surface area contributed by atoms with Crippen LogP contribution in [0.3, 0.4) is 0 Å². The number of aliphatic hydroxyl groups is 1. The molecule has 5 heteroatoms. The van der Waals surface area contributed by atoms with E-state index in [4.69, 9.17) is 21.4 Å². The highest BCUT2D eigenvalue weighted by molar-refractivity contribution is 6.31. The summed E-state index contributed by atoms with van der Waals surface area (Å²) in [5.74, 6) is 0.257. The van der Waals surface area contributed by atoms with Crippen LogP contribution in [0.25, 0.3) is 0 Å². The zero-order valence-corrected chi connectivity index (χ0v) is 12.3. The first-order chi connectivity index (χ1) is 8.89. The third-order valence-electron chi connectivity index (χ3n) is 2.92. The molecule has 106 valence electrons. The highest BCUT2D eigenvalue weighted by Gasteiger charge is 2.20. The Hall–Kier alpha value is -1.26. The van der Waals surface area contributed by atoms with Crippen molar-refractivity contribution in [2.24, 2.45) is 5.41 Å². The molecular weight excluding hydrogens is 266 g/mol. The summed E-state index contributed by atoms with van der Waals surface area (Å²) in [5.41, 5.74) is 0.255. The number of carbonyl (C=O) groups is 1. The van der Waals surface area contributed by atoms with E-state index in [-0.39, 0.29) is 17.9 Å². The average Bonchev–Trinajstić information content (AvgIpc) is 2.36. The molecule has 1 aromatic rings. The molecule has 0 spiro atoms. The summed E-state index contributed by atoms with van der Waals surface area (Å²) in [4.78, 5) is 12.1. The first-order valence-electron chi connectivity index (χ1n) is 6.12. The average molecular weight is 286 g/mol. The van der Waals surface area contributed by atoms with Gasteiger partial charge in [-0.05, 0) is 30.0 Å². The van der Waals surface area contributed by atoms with Crippen molar-refractivity contribution in [3.05, 3.63) is 28.8 Å². The van der Waals surface area contributed by atoms with Crippen LogP contribution in [0.2, 0.25) is 5.02 Å². The number of nitrogens with one attached hydrogen (secondary N) is 1. The quantitative estimate of drug-likeness (QED) is 0.844. The number of hydrogen-bond acceptors (Lipinski definition) is 3. The molecule has 0 aliphatic carbocycles. The van der Waals surface area contributed by atoms with Gasteiger partial charge in [0.25, 0.3) is 5.91 Å². The Morgan fingerprint density at radius 2 is 2.16 bits per heavy atom. The van der Waals surface area contributed by atoms with Gasteiger partial charge >= 0.3 is 0 Å². The van der Waals surface area contributed by atoms with Crippen LogP contribution in [0, 0.1) is 5.41 Å². The molecule has 0 atom stereocenters. The van der Waals surface area contributed by atoms with Crippen molar-refractivity contribution >= 4 is 17.5 Å². The van der Waals surface area contributed by atoms with Crippen LogP contribution >= 0.6 is 11.6 Å². The zero-order valence-electron chi connectivity index (χ0n) is 11.5. The molecule has 4 nitrogen and oxygen atoms in total. The van der Waals surface area contributed by atoms with Crippen molar-refractivity contribution in [2.45, 2.75) is 20.3 Å². The van der Waals surface area contributed by atoms with Gasteiger partial charge in [-0.15, -0.1) is 0 Å². The number of amides is 1. The maximum atomic E-state index is 12.1. The normalized spacial score (nSPS) is 11.2. The molecule has 0 saturated heterocycles. The van der Waals surface area contributed by atoms with Crippen molar-refractivity contribution in [3.8, 4) is 5.75 Å². The Bertz CT molecular complexity index is 446. The van der Waals surface area contributed by atoms with Crippen LogP contribution in [0.5, 0.6) is 5.75 Å². The van der Waals surface area contributed by atoms with Gasteiger partial charge < -0.3 is 15.2 Å². The summed E-state index contributed by atoms with van der Waals surface area (Å²) in [7, 11) is 1.51. The first-order valence-corrected chi connectivity index (χ1v) is 6.50. The molecule has 0 bridgehead atoms. The van der Waals surface area contributed by atoms with E-state index >= 15 is 0 Å². The topological polar surface area (TPSA) is 58.6 Å². The molecule has 0 unspecified atom stereocenters. The first kappa shape index (κ1) is 15.8. The highest BCUT2D eigenvalue weighted by atomic mass is 35.5. The van der Waals surface area contributed by atoms with Crippen LogP contribution in [-0.2, 0) is 0 Å². The molecule has 0 radical (unpaired) electrons. The lowest BCUT2D eigenvalue weighted by atomic mass is 9.89. The van der Waals surface area contributed by atoms with Crippen molar-refractivity contribution in [2.75, 3.05) is 20.3 Å². The Morgan fingerprint density at radius 1 is 1.47 bits per heavy atom. The van der Waals surface area contributed by atoms with Gasteiger partial charge in [-0.25, -0.2) is 0 Å². The number of carbonyl (C=O) groups excluding carboxylic acids is 1. The van der Waals surface area contributed by atoms with Crippen LogP contribution in [0.1, 0.15) is 30.6 Å². The Kier molecular flexibility index (Phi) is 5.63. The van der Waals surface area contributed by atoms with Gasteiger partial charge in [0.2, 0.25) is 0 Å². The lowest BCUT2D eigenvalue weighted by molar-refractivity contribution is 0.0925. The van der Waals surface area contributed by atoms with Crippen molar-refractivity contribution in [1.29, 1.82) is 0 Å². The Labute approximate surface area is 118 Å². The van der Waals surface area contributed by atoms with Gasteiger partial charge in [-0.1, -0.05) is 25.4 Å². The van der Waals surface area contributed by atoms with Gasteiger partial charge in [0.05, 0.1) is 12.7 Å². The number of hydrogen-bond donors (Lipinski definition) is 2. The largest absolute Gasteiger partial charge is 0.496 e. The van der Waals surface area contributed by atoms with E-state index in [2.05, 4.69) is 5.32 Å². The summed E-state index contributed by atoms with van der Waals surface area (Å²) in [6, 6.07) is 4.91. The van der Waals surface area contributed by atoms with Crippen LogP contribution in [0.15, 0.2) is 18.2 Å². The van der Waals surface area contributed by atoms with Crippen molar-refractivity contribution < 1.29 is 14.6 Å². The fraction of sp³-hybridized carbons (Fsp3) is 0.500. The maximum Gasteiger partial charge on any atom is 0.255 e. The Balaban J connectivity index is 2.76. The van der Waals surface area contributed by atoms with Gasteiger partial charge in [0.1, 0.15) is 5.75 Å². The molecule has 0 aliphatic rings. The fourth-order valence-corrected chi connectivity index (χ4v) is 1.84. The van der Waals surface area contributed by atoms with Gasteiger partial charge in [-0.2, -0.15) is 0 Å². The van der Waals surface area contributed by atoms with Crippen LogP contribution in [-0.4, -0.2) is 31.3 Å². The van der Waals surface area contributed by atoms with Crippen molar-refractivity contribution in [1.82, 2.24) is 5.32 Å². The van der Waals surface area contributed by atoms with E-state index in [1.54, 1.807) is 18.2 Å². The molecule has 19 heavy (non-hydrogen) atoms. The minimum atomic E-state index is -0.231. The SMILES string of the molecule is COc1ccc(Cl)cc1C(=O)NCC(C)(C)CCO. The molecule has 1 rings (SSSR count). The lowest BCUT2D eigenvalue weighted by Gasteiger charge is -2.24. The summed E-state index contributed by atoms with van der Waals surface area (Å²) in [5, 5.41) is 12.3. The molecule has 1 aromatic carbocycles. The van der Waals surface area contributed by atoms with E-state index in [0.29, 0.717) is 29.3 Å². The lowest BCUT2D eigenvalue weighted by Crippen LogP contribution is -2.34. The minimum absolute atomic E-state index is 0.101. The molecule has 0 aromatic heterocycles. The van der Waals surface area contributed by atoms with Gasteiger partial charge in [0, 0.05) is 18.2 Å². The molecule has 0 aliphatic heterocycles. The summed E-state index contributed by atoms with van der Waals surface area (Å²) >= 11 is 5.89. The van der Waals surface area contributed by atoms with Crippen LogP contribution < -0.4 is 10.1 Å². The highest BCUT2D eigenvalue weighted by Crippen LogP contribution is 2.23. The summed E-state index contributed by atoms with van der Waals surface area (Å²) in [6.07, 6.45) is 0.625. The Morgan fingerprint density at radius 3 is 2.74 bits per heavy atom. The minimum Gasteiger partial charge on any atom is -0.496 e. The monoisotopic (exact) mass is 285 g/mol. The van der Waals surface area contributed by atoms with E-state index < -0.39 is 0 Å². The number of ether oxygens (including phenoxy) is 1. The fourth-order valence-electron chi connectivity index (χ4n) is 1.66. The van der Waals surface area contributed by atoms with Gasteiger partial charge in [-0.3, -0.25) is 4.79 Å². The van der Waals surface area contributed by atoms with Gasteiger partial charge in [0.15, 0.2) is 0 Å². The van der Waals surface area contributed by atoms with E-state index in [9.17, 15) is 4.79 Å². The number of rotatable bonds is 6. The zero-order chi connectivity index (χ0) is 14.5. The maximum absolute atomic E-state index is 12.1. The third kappa shape index (κ3) is 4.73. The second-order valence-corrected chi connectivity index (χ2v) is 5.60. The predicted octanol–water partition coefficient (Wildman–Crippen LogP) is 2.49.